The van der Waals surface area contributed by atoms with Gasteiger partial charge in [-0.2, -0.15) is 0 Å². The van der Waals surface area contributed by atoms with Gasteiger partial charge in [-0.15, -0.1) is 0 Å². The summed E-state index contributed by atoms with van der Waals surface area (Å²) in [5.41, 5.74) is 7.20. The molecule has 1 aromatic carbocycles. The van der Waals surface area contributed by atoms with E-state index < -0.39 is 10.0 Å². The minimum Gasteiger partial charge on any atom is -0.492 e. The predicted molar refractivity (Wildman–Crippen MR) is 79.4 cm³/mol. The van der Waals surface area contributed by atoms with Crippen molar-refractivity contribution in [1.82, 2.24) is 4.31 Å². The highest BCUT2D eigenvalue weighted by Crippen LogP contribution is 2.35. The van der Waals surface area contributed by atoms with Crippen LogP contribution >= 0.6 is 0 Å². The summed E-state index contributed by atoms with van der Waals surface area (Å²) >= 11 is 0. The van der Waals surface area contributed by atoms with Gasteiger partial charge in [-0.05, 0) is 37.0 Å². The van der Waals surface area contributed by atoms with Crippen LogP contribution in [-0.4, -0.2) is 32.9 Å². The van der Waals surface area contributed by atoms with E-state index in [0.29, 0.717) is 24.6 Å². The molecule has 0 spiro atoms. The van der Waals surface area contributed by atoms with Crippen molar-refractivity contribution in [1.29, 1.82) is 0 Å². The van der Waals surface area contributed by atoms with Crippen LogP contribution in [0.15, 0.2) is 17.0 Å². The first kappa shape index (κ1) is 15.1. The van der Waals surface area contributed by atoms with Crippen molar-refractivity contribution >= 4 is 15.7 Å². The maximum Gasteiger partial charge on any atom is 0.246 e. The number of hydrogen-bond acceptors (Lipinski definition) is 4. The lowest BCUT2D eigenvalue weighted by Crippen LogP contribution is -2.29. The number of aryl methyl sites for hydroxylation is 1. The van der Waals surface area contributed by atoms with Gasteiger partial charge < -0.3 is 10.5 Å². The molecule has 5 nitrogen and oxygen atoms in total. The van der Waals surface area contributed by atoms with E-state index in [4.69, 9.17) is 10.5 Å². The highest BCUT2D eigenvalue weighted by Gasteiger charge is 2.28. The van der Waals surface area contributed by atoms with Gasteiger partial charge in [0.25, 0.3) is 0 Å². The first-order chi connectivity index (χ1) is 9.46. The highest BCUT2D eigenvalue weighted by atomic mass is 32.2. The number of nitrogen functional groups attached to an aromatic ring is 1. The van der Waals surface area contributed by atoms with E-state index in [-0.39, 0.29) is 4.90 Å². The van der Waals surface area contributed by atoms with Gasteiger partial charge in [0.15, 0.2) is 0 Å². The zero-order chi connectivity index (χ0) is 14.8. The molecule has 0 radical (unpaired) electrons. The van der Waals surface area contributed by atoms with E-state index >= 15 is 0 Å². The topological polar surface area (TPSA) is 72.6 Å². The summed E-state index contributed by atoms with van der Waals surface area (Å²) < 4.78 is 32.3. The molecule has 112 valence electrons. The standard InChI is InChI=1S/C14H22N2O3S/c1-3-4-7-16(2)20(17,18)13-10-12(15)9-11-6-5-8-19-14(11)13/h9-10H,3-8,15H2,1-2H3. The predicted octanol–water partition coefficient (Wildman–Crippen LogP) is 2.01. The quantitative estimate of drug-likeness (QED) is 0.844. The lowest BCUT2D eigenvalue weighted by Gasteiger charge is -2.24. The van der Waals surface area contributed by atoms with Gasteiger partial charge in [0.05, 0.1) is 6.61 Å². The summed E-state index contributed by atoms with van der Waals surface area (Å²) in [7, 11) is -1.95. The Balaban J connectivity index is 2.43. The van der Waals surface area contributed by atoms with Gasteiger partial charge in [0.2, 0.25) is 10.0 Å². The van der Waals surface area contributed by atoms with Crippen LogP contribution in [0, 0.1) is 0 Å². The number of nitrogens with zero attached hydrogens (tertiary/aromatic N) is 1. The van der Waals surface area contributed by atoms with Gasteiger partial charge >= 0.3 is 0 Å². The van der Waals surface area contributed by atoms with Crippen molar-refractivity contribution in [2.75, 3.05) is 25.9 Å². The third-order valence-electron chi connectivity index (χ3n) is 3.51. The molecule has 0 aliphatic carbocycles. The Hall–Kier alpha value is -1.27. The van der Waals surface area contributed by atoms with Crippen LogP contribution in [0.4, 0.5) is 5.69 Å². The molecule has 0 saturated carbocycles. The number of hydrogen-bond donors (Lipinski definition) is 1. The molecular weight excluding hydrogens is 276 g/mol. The van der Waals surface area contributed by atoms with Gasteiger partial charge in [0.1, 0.15) is 10.6 Å². The lowest BCUT2D eigenvalue weighted by molar-refractivity contribution is 0.279. The second-order valence-electron chi connectivity index (χ2n) is 5.14. The molecule has 0 bridgehead atoms. The van der Waals surface area contributed by atoms with Crippen LogP contribution < -0.4 is 10.5 Å². The van der Waals surface area contributed by atoms with E-state index in [9.17, 15) is 8.42 Å². The molecule has 0 unspecified atom stereocenters. The third kappa shape index (κ3) is 2.91. The van der Waals surface area contributed by atoms with Crippen LogP contribution in [0.25, 0.3) is 0 Å². The van der Waals surface area contributed by atoms with E-state index in [2.05, 4.69) is 0 Å². The first-order valence-electron chi connectivity index (χ1n) is 6.98. The number of nitrogens with two attached hydrogens (primary N) is 1. The molecular formula is C14H22N2O3S. The smallest absolute Gasteiger partial charge is 0.246 e. The molecule has 0 amide bonds. The molecule has 0 saturated heterocycles. The van der Waals surface area contributed by atoms with Crippen LogP contribution in [0.5, 0.6) is 5.75 Å². The largest absolute Gasteiger partial charge is 0.492 e. The van der Waals surface area contributed by atoms with Crippen molar-refractivity contribution in [2.24, 2.45) is 0 Å². The highest BCUT2D eigenvalue weighted by molar-refractivity contribution is 7.89. The number of sulfonamides is 1. The number of rotatable bonds is 5. The van der Waals surface area contributed by atoms with E-state index in [0.717, 1.165) is 31.2 Å². The fraction of sp³-hybridized carbons (Fsp3) is 0.571. The Kier molecular flexibility index (Phi) is 4.55. The van der Waals surface area contributed by atoms with Crippen molar-refractivity contribution in [2.45, 2.75) is 37.5 Å². The Morgan fingerprint density at radius 1 is 1.40 bits per heavy atom. The molecule has 6 heteroatoms. The number of fused-ring (bicyclic) bond motifs is 1. The molecule has 2 rings (SSSR count). The van der Waals surface area contributed by atoms with Crippen molar-refractivity contribution < 1.29 is 13.2 Å². The summed E-state index contributed by atoms with van der Waals surface area (Å²) in [4.78, 5) is 0.200. The van der Waals surface area contributed by atoms with Gasteiger partial charge in [-0.3, -0.25) is 0 Å². The maximum atomic E-state index is 12.7. The van der Waals surface area contributed by atoms with Crippen LogP contribution in [0.3, 0.4) is 0 Å². The van der Waals surface area contributed by atoms with Crippen LogP contribution in [0.2, 0.25) is 0 Å². The molecule has 0 aromatic heterocycles. The monoisotopic (exact) mass is 298 g/mol. The molecule has 2 N–H and O–H groups in total. The molecule has 20 heavy (non-hydrogen) atoms. The fourth-order valence-electron chi connectivity index (χ4n) is 2.33. The summed E-state index contributed by atoms with van der Waals surface area (Å²) in [6.07, 6.45) is 3.48. The molecule has 1 aliphatic heterocycles. The lowest BCUT2D eigenvalue weighted by atomic mass is 10.1. The normalized spacial score (nSPS) is 14.9. The van der Waals surface area contributed by atoms with E-state index in [1.165, 1.54) is 10.4 Å². The average molecular weight is 298 g/mol. The molecule has 1 heterocycles. The SMILES string of the molecule is CCCCN(C)S(=O)(=O)c1cc(N)cc2c1OCCC2. The summed E-state index contributed by atoms with van der Waals surface area (Å²) in [6.45, 7) is 3.09. The Bertz CT molecular complexity index is 584. The molecule has 0 atom stereocenters. The Labute approximate surface area is 120 Å². The maximum absolute atomic E-state index is 12.7. The number of ether oxygens (including phenoxy) is 1. The van der Waals surface area contributed by atoms with Crippen molar-refractivity contribution in [3.8, 4) is 5.75 Å². The van der Waals surface area contributed by atoms with E-state index in [1.54, 1.807) is 13.1 Å². The van der Waals surface area contributed by atoms with Crippen molar-refractivity contribution in [3.63, 3.8) is 0 Å². The van der Waals surface area contributed by atoms with Gasteiger partial charge in [0, 0.05) is 19.3 Å². The zero-order valence-corrected chi connectivity index (χ0v) is 12.9. The number of anilines is 1. The first-order valence-corrected chi connectivity index (χ1v) is 8.42. The van der Waals surface area contributed by atoms with E-state index in [1.807, 2.05) is 6.92 Å². The molecule has 0 fully saturated rings. The minimum absolute atomic E-state index is 0.200. The zero-order valence-electron chi connectivity index (χ0n) is 12.1. The second-order valence-corrected chi connectivity index (χ2v) is 7.15. The van der Waals surface area contributed by atoms with Gasteiger partial charge in [-0.25, -0.2) is 12.7 Å². The van der Waals surface area contributed by atoms with Crippen LogP contribution in [0.1, 0.15) is 31.7 Å². The van der Waals surface area contributed by atoms with Crippen molar-refractivity contribution in [3.05, 3.63) is 17.7 Å². The fourth-order valence-corrected chi connectivity index (χ4v) is 3.74. The number of unbranched alkanes of at least 4 members (excludes halogenated alkanes) is 1. The average Bonchev–Trinajstić information content (AvgIpc) is 2.43. The Morgan fingerprint density at radius 2 is 2.15 bits per heavy atom. The molecule has 1 aromatic rings. The Morgan fingerprint density at radius 3 is 2.85 bits per heavy atom. The summed E-state index contributed by atoms with van der Waals surface area (Å²) in [5, 5.41) is 0. The minimum atomic E-state index is -3.55. The summed E-state index contributed by atoms with van der Waals surface area (Å²) in [6, 6.07) is 3.31. The number of benzene rings is 1. The summed E-state index contributed by atoms with van der Waals surface area (Å²) in [5.74, 6) is 0.480. The van der Waals surface area contributed by atoms with Crippen LogP contribution in [-0.2, 0) is 16.4 Å². The van der Waals surface area contributed by atoms with Gasteiger partial charge in [-0.1, -0.05) is 13.3 Å². The third-order valence-corrected chi connectivity index (χ3v) is 5.37. The molecule has 1 aliphatic rings. The second kappa shape index (κ2) is 6.01.